The molecule has 0 spiro atoms. The third-order valence-corrected chi connectivity index (χ3v) is 4.11. The fraction of sp³-hybridized carbons (Fsp3) is 0.938. The Labute approximate surface area is 124 Å². The fourth-order valence-electron chi connectivity index (χ4n) is 3.72. The molecule has 0 aromatic carbocycles. The van der Waals surface area contributed by atoms with Crippen LogP contribution in [-0.2, 0) is 4.79 Å². The van der Waals surface area contributed by atoms with Crippen LogP contribution in [-0.4, -0.2) is 46.1 Å². The van der Waals surface area contributed by atoms with E-state index in [9.17, 15) is 4.79 Å². The van der Waals surface area contributed by atoms with Crippen molar-refractivity contribution in [2.24, 2.45) is 0 Å². The first-order chi connectivity index (χ1) is 9.15. The lowest BCUT2D eigenvalue weighted by Crippen LogP contribution is -2.65. The van der Waals surface area contributed by atoms with Gasteiger partial charge in [-0.15, -0.1) is 0 Å². The predicted molar refractivity (Wildman–Crippen MR) is 84.4 cm³/mol. The predicted octanol–water partition coefficient (Wildman–Crippen LogP) is 2.79. The highest BCUT2D eigenvalue weighted by Crippen LogP contribution is 2.32. The lowest BCUT2D eigenvalue weighted by Gasteiger charge is -2.51. The fourth-order valence-corrected chi connectivity index (χ4v) is 3.72. The van der Waals surface area contributed by atoms with E-state index in [1.807, 2.05) is 11.9 Å². The first kappa shape index (κ1) is 17.4. The second-order valence-electron chi connectivity index (χ2n) is 7.19. The summed E-state index contributed by atoms with van der Waals surface area (Å²) in [6, 6.07) is 0.286. The zero-order valence-corrected chi connectivity index (χ0v) is 14.4. The van der Waals surface area contributed by atoms with Gasteiger partial charge in [-0.2, -0.15) is 0 Å². The van der Waals surface area contributed by atoms with E-state index in [0.717, 1.165) is 25.9 Å². The van der Waals surface area contributed by atoms with Gasteiger partial charge in [0.25, 0.3) is 0 Å². The van der Waals surface area contributed by atoms with Gasteiger partial charge < -0.3 is 5.32 Å². The van der Waals surface area contributed by atoms with Crippen LogP contribution < -0.4 is 5.32 Å². The first-order valence-electron chi connectivity index (χ1n) is 8.02. The number of nitrogens with one attached hydrogen (secondary N) is 1. The van der Waals surface area contributed by atoms with Crippen LogP contribution in [0.3, 0.4) is 0 Å². The van der Waals surface area contributed by atoms with Crippen molar-refractivity contribution in [1.29, 1.82) is 0 Å². The molecule has 1 saturated heterocycles. The van der Waals surface area contributed by atoms with Crippen LogP contribution in [0.1, 0.15) is 67.7 Å². The summed E-state index contributed by atoms with van der Waals surface area (Å²) < 4.78 is 0. The number of hydrazine groups is 1. The molecule has 118 valence electrons. The van der Waals surface area contributed by atoms with E-state index in [4.69, 9.17) is 0 Å². The molecule has 0 aromatic heterocycles. The molecular weight excluding hydrogens is 250 g/mol. The largest absolute Gasteiger partial charge is 0.307 e. The Morgan fingerprint density at radius 3 is 1.85 bits per heavy atom. The summed E-state index contributed by atoms with van der Waals surface area (Å²) in [5.41, 5.74) is 0.123. The lowest BCUT2D eigenvalue weighted by atomic mass is 9.79. The molecule has 1 heterocycles. The molecule has 0 unspecified atom stereocenters. The molecule has 20 heavy (non-hydrogen) atoms. The normalized spacial score (nSPS) is 22.0. The van der Waals surface area contributed by atoms with Gasteiger partial charge in [-0.05, 0) is 40.5 Å². The van der Waals surface area contributed by atoms with Gasteiger partial charge in [0, 0.05) is 30.6 Å². The number of carbonyl (C=O) groups is 1. The second kappa shape index (κ2) is 6.44. The van der Waals surface area contributed by atoms with Crippen molar-refractivity contribution < 1.29 is 4.79 Å². The zero-order chi connectivity index (χ0) is 15.6. The van der Waals surface area contributed by atoms with Crippen LogP contribution in [0.15, 0.2) is 0 Å². The number of carbonyl (C=O) groups excluding carboxylic acids is 1. The molecule has 1 aliphatic heterocycles. The van der Waals surface area contributed by atoms with Gasteiger partial charge in [0.05, 0.1) is 6.04 Å². The maximum Gasteiger partial charge on any atom is 0.236 e. The quantitative estimate of drug-likeness (QED) is 0.788. The summed E-state index contributed by atoms with van der Waals surface area (Å²) in [5, 5.41) is 7.93. The average molecular weight is 283 g/mol. The third kappa shape index (κ3) is 4.19. The molecular formula is C16H33N3O. The number of piperidine rings is 1. The van der Waals surface area contributed by atoms with Gasteiger partial charge in [0.2, 0.25) is 5.91 Å². The van der Waals surface area contributed by atoms with Crippen LogP contribution in [0.5, 0.6) is 0 Å². The van der Waals surface area contributed by atoms with Crippen molar-refractivity contribution in [1.82, 2.24) is 15.3 Å². The zero-order valence-electron chi connectivity index (χ0n) is 14.4. The van der Waals surface area contributed by atoms with Crippen LogP contribution in [0, 0.1) is 0 Å². The maximum atomic E-state index is 12.5. The Balaban J connectivity index is 3.03. The monoisotopic (exact) mass is 283 g/mol. The Morgan fingerprint density at radius 1 is 1.05 bits per heavy atom. The van der Waals surface area contributed by atoms with Gasteiger partial charge in [-0.1, -0.05) is 20.8 Å². The van der Waals surface area contributed by atoms with E-state index in [1.165, 1.54) is 0 Å². The number of amides is 1. The topological polar surface area (TPSA) is 35.6 Å². The molecule has 1 amide bonds. The van der Waals surface area contributed by atoms with Crippen molar-refractivity contribution in [3.8, 4) is 0 Å². The molecule has 1 fully saturated rings. The van der Waals surface area contributed by atoms with Crippen molar-refractivity contribution in [3.05, 3.63) is 0 Å². The summed E-state index contributed by atoms with van der Waals surface area (Å²) in [6.07, 6.45) is 2.57. The number of rotatable bonds is 5. The molecule has 0 saturated carbocycles. The second-order valence-corrected chi connectivity index (χ2v) is 7.19. The Hall–Kier alpha value is -0.610. The molecule has 0 aliphatic carbocycles. The van der Waals surface area contributed by atoms with Crippen molar-refractivity contribution in [2.75, 3.05) is 13.1 Å². The van der Waals surface area contributed by atoms with Gasteiger partial charge in [0.15, 0.2) is 0 Å². The molecule has 0 atom stereocenters. The van der Waals surface area contributed by atoms with E-state index < -0.39 is 0 Å². The summed E-state index contributed by atoms with van der Waals surface area (Å²) in [4.78, 5) is 12.5. The van der Waals surface area contributed by atoms with E-state index >= 15 is 0 Å². The molecule has 1 aliphatic rings. The SMILES string of the molecule is CCC(=O)N(C1CC(C)(C)NC(C)(C)C1)N(CC)CC. The molecule has 0 bridgehead atoms. The summed E-state index contributed by atoms with van der Waals surface area (Å²) in [5.74, 6) is 0.243. The number of hydrogen-bond donors (Lipinski definition) is 1. The smallest absolute Gasteiger partial charge is 0.236 e. The van der Waals surface area contributed by atoms with Crippen LogP contribution in [0.25, 0.3) is 0 Å². The highest BCUT2D eigenvalue weighted by molar-refractivity contribution is 5.75. The third-order valence-electron chi connectivity index (χ3n) is 4.11. The van der Waals surface area contributed by atoms with E-state index in [1.54, 1.807) is 0 Å². The van der Waals surface area contributed by atoms with Crippen molar-refractivity contribution in [3.63, 3.8) is 0 Å². The van der Waals surface area contributed by atoms with E-state index in [0.29, 0.717) is 6.42 Å². The number of hydrogen-bond acceptors (Lipinski definition) is 3. The number of nitrogens with zero attached hydrogens (tertiary/aromatic N) is 2. The maximum absolute atomic E-state index is 12.5. The Kier molecular flexibility index (Phi) is 5.61. The molecule has 1 rings (SSSR count). The Bertz CT molecular complexity index is 319. The molecule has 1 N–H and O–H groups in total. The minimum absolute atomic E-state index is 0.0614. The van der Waals surface area contributed by atoms with Crippen LogP contribution in [0.4, 0.5) is 0 Å². The molecule has 0 radical (unpaired) electrons. The van der Waals surface area contributed by atoms with Gasteiger partial charge >= 0.3 is 0 Å². The molecule has 4 heteroatoms. The molecule has 4 nitrogen and oxygen atoms in total. The van der Waals surface area contributed by atoms with E-state index in [-0.39, 0.29) is 23.0 Å². The van der Waals surface area contributed by atoms with Crippen molar-refractivity contribution >= 4 is 5.91 Å². The van der Waals surface area contributed by atoms with Crippen LogP contribution in [0.2, 0.25) is 0 Å². The summed E-state index contributed by atoms with van der Waals surface area (Å²) >= 11 is 0. The minimum atomic E-state index is 0.0614. The average Bonchev–Trinajstić information content (AvgIpc) is 2.30. The lowest BCUT2D eigenvalue weighted by molar-refractivity contribution is -0.159. The van der Waals surface area contributed by atoms with Gasteiger partial charge in [-0.3, -0.25) is 9.80 Å². The van der Waals surface area contributed by atoms with Crippen molar-refractivity contribution in [2.45, 2.75) is 84.8 Å². The summed E-state index contributed by atoms with van der Waals surface area (Å²) in [7, 11) is 0. The summed E-state index contributed by atoms with van der Waals surface area (Å²) in [6.45, 7) is 16.9. The van der Waals surface area contributed by atoms with E-state index in [2.05, 4.69) is 51.9 Å². The minimum Gasteiger partial charge on any atom is -0.307 e. The van der Waals surface area contributed by atoms with Gasteiger partial charge in [-0.25, -0.2) is 5.01 Å². The standard InChI is InChI=1S/C16H33N3O/c1-8-14(20)19(18(9-2)10-3)13-11-15(4,5)17-16(6,7)12-13/h13,17H,8-12H2,1-7H3. The van der Waals surface area contributed by atoms with Gasteiger partial charge in [0.1, 0.15) is 0 Å². The van der Waals surface area contributed by atoms with Crippen LogP contribution >= 0.6 is 0 Å². The highest BCUT2D eigenvalue weighted by Gasteiger charge is 2.42. The first-order valence-corrected chi connectivity index (χ1v) is 8.02. The highest BCUT2D eigenvalue weighted by atomic mass is 16.2. The Morgan fingerprint density at radius 2 is 1.50 bits per heavy atom. The molecule has 0 aromatic rings.